The Hall–Kier alpha value is -1.47. The Morgan fingerprint density at radius 1 is 1.73 bits per heavy atom. The molecule has 3 N–H and O–H groups in total. The Labute approximate surface area is 87.6 Å². The summed E-state index contributed by atoms with van der Waals surface area (Å²) < 4.78 is 6.66. The van der Waals surface area contributed by atoms with Gasteiger partial charge in [0.05, 0.1) is 13.2 Å². The van der Waals surface area contributed by atoms with Crippen molar-refractivity contribution < 1.29 is 9.53 Å². The van der Waals surface area contributed by atoms with Crippen LogP contribution in [0.5, 0.6) is 0 Å². The van der Waals surface area contributed by atoms with E-state index < -0.39 is 5.91 Å². The normalized spacial score (nSPS) is 10.5. The minimum absolute atomic E-state index is 0.0361. The Kier molecular flexibility index (Phi) is 4.72. The maximum atomic E-state index is 10.3. The van der Waals surface area contributed by atoms with Gasteiger partial charge in [-0.05, 0) is 0 Å². The lowest BCUT2D eigenvalue weighted by atomic mass is 10.5. The predicted molar refractivity (Wildman–Crippen MR) is 52.7 cm³/mol. The van der Waals surface area contributed by atoms with Gasteiger partial charge in [-0.1, -0.05) is 0 Å². The van der Waals surface area contributed by atoms with E-state index in [1.54, 1.807) is 4.68 Å². The number of rotatable bonds is 7. The second kappa shape index (κ2) is 6.10. The summed E-state index contributed by atoms with van der Waals surface area (Å²) in [7, 11) is 1.83. The topological polar surface area (TPSA) is 95.1 Å². The number of aromatic nitrogens is 3. The Bertz CT molecular complexity index is 312. The number of nitrogens with two attached hydrogens (primary N) is 1. The number of aryl methyl sites for hydroxylation is 1. The Morgan fingerprint density at radius 2 is 2.53 bits per heavy atom. The van der Waals surface area contributed by atoms with Crippen molar-refractivity contribution in [1.29, 1.82) is 0 Å². The van der Waals surface area contributed by atoms with Crippen LogP contribution in [0, 0.1) is 0 Å². The number of nitrogens with one attached hydrogen (secondary N) is 1. The van der Waals surface area contributed by atoms with Gasteiger partial charge in [-0.25, -0.2) is 4.98 Å². The van der Waals surface area contributed by atoms with Crippen LogP contribution in [0.3, 0.4) is 0 Å². The van der Waals surface area contributed by atoms with E-state index in [0.29, 0.717) is 19.7 Å². The van der Waals surface area contributed by atoms with Crippen LogP contribution in [0.25, 0.3) is 0 Å². The lowest BCUT2D eigenvalue weighted by Gasteiger charge is -2.04. The summed E-state index contributed by atoms with van der Waals surface area (Å²) in [6.07, 6.45) is 1.50. The smallest absolute Gasteiger partial charge is 0.243 e. The molecular formula is C8H15N5O2. The van der Waals surface area contributed by atoms with E-state index in [1.165, 1.54) is 6.33 Å². The molecule has 0 fully saturated rings. The molecule has 0 aliphatic rings. The molecule has 0 spiro atoms. The largest absolute Gasteiger partial charge is 0.370 e. The first-order valence-electron chi connectivity index (χ1n) is 4.60. The standard InChI is InChI=1S/C8H15N5O2/c1-13-8(11-6-12-13)4-10-2-3-15-5-7(9)14/h6,10H,2-5H2,1H3,(H2,9,14). The van der Waals surface area contributed by atoms with E-state index >= 15 is 0 Å². The molecule has 15 heavy (non-hydrogen) atoms. The number of carbonyl (C=O) groups is 1. The van der Waals surface area contributed by atoms with Crippen LogP contribution < -0.4 is 11.1 Å². The number of primary amides is 1. The zero-order valence-electron chi connectivity index (χ0n) is 8.64. The molecule has 0 unspecified atom stereocenters. The molecule has 1 aromatic rings. The number of ether oxygens (including phenoxy) is 1. The Balaban J connectivity index is 2.03. The molecule has 7 heteroatoms. The number of carbonyl (C=O) groups excluding carboxylic acids is 1. The number of nitrogens with zero attached hydrogens (tertiary/aromatic N) is 3. The van der Waals surface area contributed by atoms with Gasteiger partial charge in [-0.15, -0.1) is 0 Å². The third-order valence-electron chi connectivity index (χ3n) is 1.76. The summed E-state index contributed by atoms with van der Waals surface area (Å²) in [5.74, 6) is 0.396. The van der Waals surface area contributed by atoms with E-state index in [1.807, 2.05) is 7.05 Å². The first-order chi connectivity index (χ1) is 7.20. The highest BCUT2D eigenvalue weighted by atomic mass is 16.5. The van der Waals surface area contributed by atoms with Gasteiger partial charge in [0.1, 0.15) is 18.8 Å². The second-order valence-electron chi connectivity index (χ2n) is 3.00. The maximum absolute atomic E-state index is 10.3. The van der Waals surface area contributed by atoms with Gasteiger partial charge >= 0.3 is 0 Å². The van der Waals surface area contributed by atoms with Crippen molar-refractivity contribution in [3.8, 4) is 0 Å². The van der Waals surface area contributed by atoms with Crippen molar-refractivity contribution in [2.24, 2.45) is 12.8 Å². The molecular weight excluding hydrogens is 198 g/mol. The third-order valence-corrected chi connectivity index (χ3v) is 1.76. The molecule has 1 rings (SSSR count). The van der Waals surface area contributed by atoms with Gasteiger partial charge in [0.15, 0.2) is 0 Å². The molecule has 0 aliphatic heterocycles. The highest BCUT2D eigenvalue weighted by Gasteiger charge is 1.98. The fourth-order valence-corrected chi connectivity index (χ4v) is 0.997. The lowest BCUT2D eigenvalue weighted by Crippen LogP contribution is -2.24. The van der Waals surface area contributed by atoms with Crippen molar-refractivity contribution in [3.05, 3.63) is 12.2 Å². The van der Waals surface area contributed by atoms with Crippen molar-refractivity contribution in [2.45, 2.75) is 6.54 Å². The van der Waals surface area contributed by atoms with Crippen LogP contribution in [0.1, 0.15) is 5.82 Å². The molecule has 0 radical (unpaired) electrons. The summed E-state index contributed by atoms with van der Waals surface area (Å²) in [6.45, 7) is 1.67. The van der Waals surface area contributed by atoms with Gasteiger partial charge in [-0.2, -0.15) is 5.10 Å². The Morgan fingerprint density at radius 3 is 3.13 bits per heavy atom. The van der Waals surface area contributed by atoms with Crippen LogP contribution >= 0.6 is 0 Å². The maximum Gasteiger partial charge on any atom is 0.243 e. The summed E-state index contributed by atoms with van der Waals surface area (Å²) in [5, 5.41) is 7.03. The van der Waals surface area contributed by atoms with Crippen LogP contribution in [0.2, 0.25) is 0 Å². The molecule has 1 aromatic heterocycles. The van der Waals surface area contributed by atoms with Gasteiger partial charge in [0.25, 0.3) is 0 Å². The quantitative estimate of drug-likeness (QED) is 0.532. The van der Waals surface area contributed by atoms with E-state index in [0.717, 1.165) is 5.82 Å². The van der Waals surface area contributed by atoms with Gasteiger partial charge in [-0.3, -0.25) is 9.48 Å². The molecule has 0 bridgehead atoms. The van der Waals surface area contributed by atoms with Gasteiger partial charge in [0.2, 0.25) is 5.91 Å². The van der Waals surface area contributed by atoms with Crippen molar-refractivity contribution >= 4 is 5.91 Å². The average Bonchev–Trinajstić information content (AvgIpc) is 2.57. The molecule has 84 valence electrons. The summed E-state index contributed by atoms with van der Waals surface area (Å²) in [6, 6.07) is 0. The van der Waals surface area contributed by atoms with Crippen LogP contribution in [-0.4, -0.2) is 40.4 Å². The zero-order chi connectivity index (χ0) is 11.1. The predicted octanol–water partition coefficient (Wildman–Crippen LogP) is -1.59. The lowest BCUT2D eigenvalue weighted by molar-refractivity contribution is -0.122. The highest BCUT2D eigenvalue weighted by Crippen LogP contribution is 1.88. The molecule has 0 aliphatic carbocycles. The van der Waals surface area contributed by atoms with Crippen LogP contribution in [0.4, 0.5) is 0 Å². The van der Waals surface area contributed by atoms with Crippen LogP contribution in [-0.2, 0) is 23.1 Å². The van der Waals surface area contributed by atoms with E-state index in [9.17, 15) is 4.79 Å². The van der Waals surface area contributed by atoms with E-state index in [-0.39, 0.29) is 6.61 Å². The van der Waals surface area contributed by atoms with E-state index in [2.05, 4.69) is 15.4 Å². The van der Waals surface area contributed by atoms with Gasteiger partial charge in [0, 0.05) is 13.6 Å². The van der Waals surface area contributed by atoms with Gasteiger partial charge < -0.3 is 15.8 Å². The number of hydrogen-bond acceptors (Lipinski definition) is 5. The summed E-state index contributed by atoms with van der Waals surface area (Å²) in [5.41, 5.74) is 4.90. The molecule has 0 saturated carbocycles. The average molecular weight is 213 g/mol. The fourth-order valence-electron chi connectivity index (χ4n) is 0.997. The number of hydrogen-bond donors (Lipinski definition) is 2. The first-order valence-corrected chi connectivity index (χ1v) is 4.60. The third kappa shape index (κ3) is 4.52. The van der Waals surface area contributed by atoms with E-state index in [4.69, 9.17) is 10.5 Å². The second-order valence-corrected chi connectivity index (χ2v) is 3.00. The molecule has 0 aromatic carbocycles. The SMILES string of the molecule is Cn1ncnc1CNCCOCC(N)=O. The minimum Gasteiger partial charge on any atom is -0.370 e. The van der Waals surface area contributed by atoms with Crippen molar-refractivity contribution in [2.75, 3.05) is 19.8 Å². The van der Waals surface area contributed by atoms with Crippen molar-refractivity contribution in [1.82, 2.24) is 20.1 Å². The zero-order valence-corrected chi connectivity index (χ0v) is 8.64. The monoisotopic (exact) mass is 213 g/mol. The first kappa shape index (κ1) is 11.6. The molecule has 0 saturated heterocycles. The molecule has 1 heterocycles. The fraction of sp³-hybridized carbons (Fsp3) is 0.625. The highest BCUT2D eigenvalue weighted by molar-refractivity contribution is 5.74. The van der Waals surface area contributed by atoms with Crippen molar-refractivity contribution in [3.63, 3.8) is 0 Å². The number of amides is 1. The minimum atomic E-state index is -0.455. The molecule has 7 nitrogen and oxygen atoms in total. The summed E-state index contributed by atoms with van der Waals surface area (Å²) in [4.78, 5) is 14.4. The van der Waals surface area contributed by atoms with Crippen LogP contribution in [0.15, 0.2) is 6.33 Å². The molecule has 0 atom stereocenters. The molecule has 1 amide bonds. The summed E-state index contributed by atoms with van der Waals surface area (Å²) >= 11 is 0.